The van der Waals surface area contributed by atoms with Crippen molar-refractivity contribution in [3.8, 4) is 11.3 Å². The summed E-state index contributed by atoms with van der Waals surface area (Å²) in [6, 6.07) is 13.5. The van der Waals surface area contributed by atoms with Crippen molar-refractivity contribution in [2.75, 3.05) is 0 Å². The summed E-state index contributed by atoms with van der Waals surface area (Å²) in [5.74, 6) is 0.0486. The quantitative estimate of drug-likeness (QED) is 0.284. The number of alkyl carbamates (subject to hydrolysis) is 1. The lowest BCUT2D eigenvalue weighted by Crippen LogP contribution is -2.39. The van der Waals surface area contributed by atoms with Crippen molar-refractivity contribution in [2.45, 2.75) is 90.6 Å². The van der Waals surface area contributed by atoms with Gasteiger partial charge in [-0.05, 0) is 72.1 Å². The lowest BCUT2D eigenvalue weighted by atomic mass is 9.87. The molecule has 1 aliphatic rings. The molecular formula is C32H40N4O5. The highest BCUT2D eigenvalue weighted by Crippen LogP contribution is 2.33. The number of Topliss-reactive ketones (excluding diaryl/α,β-unsaturated/α-hetero) is 1. The zero-order valence-corrected chi connectivity index (χ0v) is 24.7. The molecule has 0 radical (unpaired) electrons. The zero-order valence-electron chi connectivity index (χ0n) is 24.7. The van der Waals surface area contributed by atoms with Crippen LogP contribution in [0.1, 0.15) is 92.4 Å². The minimum Gasteiger partial charge on any atom is -0.456 e. The monoisotopic (exact) mass is 560 g/mol. The van der Waals surface area contributed by atoms with E-state index in [-0.39, 0.29) is 24.2 Å². The van der Waals surface area contributed by atoms with Crippen LogP contribution in [-0.4, -0.2) is 44.6 Å². The Balaban J connectivity index is 1.43. The molecule has 4 rings (SSSR count). The van der Waals surface area contributed by atoms with Gasteiger partial charge < -0.3 is 25.1 Å². The molecule has 218 valence electrons. The van der Waals surface area contributed by atoms with Crippen molar-refractivity contribution >= 4 is 17.8 Å². The third kappa shape index (κ3) is 7.82. The lowest BCUT2D eigenvalue weighted by molar-refractivity contribution is 0.00691. The second-order valence-electron chi connectivity index (χ2n) is 12.4. The van der Waals surface area contributed by atoms with Gasteiger partial charge in [-0.3, -0.25) is 4.79 Å². The number of benzene rings is 2. The molecule has 9 heteroatoms. The maximum atomic E-state index is 13.4. The van der Waals surface area contributed by atoms with E-state index >= 15 is 0 Å². The van der Waals surface area contributed by atoms with Crippen molar-refractivity contribution in [1.29, 1.82) is 0 Å². The molecule has 0 saturated heterocycles. The van der Waals surface area contributed by atoms with Gasteiger partial charge in [-0.15, -0.1) is 0 Å². The number of nitrogens with two attached hydrogens (primary N) is 1. The van der Waals surface area contributed by atoms with E-state index in [1.807, 2.05) is 39.1 Å². The van der Waals surface area contributed by atoms with Gasteiger partial charge in [0.2, 0.25) is 0 Å². The highest BCUT2D eigenvalue weighted by atomic mass is 16.6. The van der Waals surface area contributed by atoms with Crippen LogP contribution in [0.3, 0.4) is 0 Å². The minimum atomic E-state index is -0.746. The van der Waals surface area contributed by atoms with Crippen molar-refractivity contribution in [2.24, 2.45) is 5.73 Å². The Morgan fingerprint density at radius 1 is 0.951 bits per heavy atom. The van der Waals surface area contributed by atoms with Crippen LogP contribution in [0.25, 0.3) is 11.3 Å². The van der Waals surface area contributed by atoms with Gasteiger partial charge in [0.15, 0.2) is 5.78 Å². The summed E-state index contributed by atoms with van der Waals surface area (Å²) in [5, 5.41) is 2.72. The highest BCUT2D eigenvalue weighted by Gasteiger charge is 2.33. The number of fused-ring (bicyclic) bond motifs is 1. The second-order valence-corrected chi connectivity index (χ2v) is 12.4. The number of aromatic nitrogens is 2. The van der Waals surface area contributed by atoms with Crippen LogP contribution in [-0.2, 0) is 22.6 Å². The zero-order chi connectivity index (χ0) is 29.9. The van der Waals surface area contributed by atoms with Crippen LogP contribution >= 0.6 is 0 Å². The van der Waals surface area contributed by atoms with Crippen molar-refractivity contribution in [1.82, 2.24) is 14.9 Å². The number of ketones is 1. The third-order valence-electron chi connectivity index (χ3n) is 6.68. The molecule has 0 bridgehead atoms. The highest BCUT2D eigenvalue weighted by molar-refractivity contribution is 6.00. The van der Waals surface area contributed by atoms with E-state index in [1.54, 1.807) is 57.2 Å². The summed E-state index contributed by atoms with van der Waals surface area (Å²) >= 11 is 0. The molecule has 1 aromatic heterocycles. The number of imidazole rings is 1. The Morgan fingerprint density at radius 3 is 2.17 bits per heavy atom. The van der Waals surface area contributed by atoms with E-state index in [0.29, 0.717) is 11.1 Å². The summed E-state index contributed by atoms with van der Waals surface area (Å²) in [6.45, 7) is 12.0. The van der Waals surface area contributed by atoms with Crippen LogP contribution in [0.15, 0.2) is 54.7 Å². The molecule has 2 unspecified atom stereocenters. The van der Waals surface area contributed by atoms with E-state index in [1.165, 1.54) is 0 Å². The number of rotatable bonds is 7. The molecule has 1 aliphatic heterocycles. The molecule has 0 spiro atoms. The van der Waals surface area contributed by atoms with Crippen LogP contribution in [0, 0.1) is 0 Å². The molecule has 3 aromatic rings. The second kappa shape index (κ2) is 11.9. The van der Waals surface area contributed by atoms with Crippen LogP contribution in [0.4, 0.5) is 4.79 Å². The summed E-state index contributed by atoms with van der Waals surface area (Å²) in [4.78, 5) is 42.5. The van der Waals surface area contributed by atoms with Gasteiger partial charge in [0, 0.05) is 36.3 Å². The van der Waals surface area contributed by atoms with Gasteiger partial charge in [-0.2, -0.15) is 0 Å². The van der Waals surface area contributed by atoms with Gasteiger partial charge in [0.1, 0.15) is 17.0 Å². The van der Waals surface area contributed by atoms with Gasteiger partial charge in [0.25, 0.3) is 0 Å². The molecule has 41 heavy (non-hydrogen) atoms. The van der Waals surface area contributed by atoms with Crippen LogP contribution < -0.4 is 11.1 Å². The van der Waals surface area contributed by atoms with Crippen LogP contribution in [0.5, 0.6) is 0 Å². The van der Waals surface area contributed by atoms with E-state index < -0.39 is 23.3 Å². The Labute approximate surface area is 241 Å². The molecule has 0 aliphatic carbocycles. The fraction of sp³-hybridized carbons (Fsp3) is 0.438. The minimum absolute atomic E-state index is 0.152. The van der Waals surface area contributed by atoms with E-state index in [4.69, 9.17) is 20.2 Å². The first-order chi connectivity index (χ1) is 19.2. The number of nitrogens with zero attached hydrogens (tertiary/aromatic N) is 2. The number of hydrogen-bond acceptors (Lipinski definition) is 7. The number of carbonyl (C=O) groups is 3. The number of nitrogens with one attached hydrogen (secondary N) is 1. The summed E-state index contributed by atoms with van der Waals surface area (Å²) in [6.07, 6.45) is 3.14. The molecule has 0 fully saturated rings. The molecule has 3 N–H and O–H groups in total. The topological polar surface area (TPSA) is 126 Å². The normalized spacial score (nSPS) is 15.9. The fourth-order valence-corrected chi connectivity index (χ4v) is 4.76. The molecule has 2 atom stereocenters. The smallest absolute Gasteiger partial charge is 0.407 e. The Kier molecular flexibility index (Phi) is 8.68. The lowest BCUT2D eigenvalue weighted by Gasteiger charge is -2.27. The maximum absolute atomic E-state index is 13.4. The fourth-order valence-electron chi connectivity index (χ4n) is 4.76. The first-order valence-electron chi connectivity index (χ1n) is 14.0. The molecule has 2 heterocycles. The molecule has 0 saturated carbocycles. The predicted molar refractivity (Wildman–Crippen MR) is 157 cm³/mol. The Bertz CT molecular complexity index is 1400. The predicted octanol–water partition coefficient (Wildman–Crippen LogP) is 5.62. The third-order valence-corrected chi connectivity index (χ3v) is 6.68. The molecule has 2 aromatic carbocycles. The van der Waals surface area contributed by atoms with Gasteiger partial charge in [-0.1, -0.05) is 36.4 Å². The van der Waals surface area contributed by atoms with Crippen molar-refractivity contribution < 1.29 is 23.9 Å². The average molecular weight is 561 g/mol. The Hall–Kier alpha value is -3.98. The number of aryl methyl sites for hydroxylation is 1. The largest absolute Gasteiger partial charge is 0.456 e. The summed E-state index contributed by atoms with van der Waals surface area (Å²) in [5.41, 5.74) is 8.89. The first kappa shape index (κ1) is 30.0. The SMILES string of the molecule is CC(C)(C)OC(=O)NCc1ccc(C(=O)C(N)C2CCCn3cc(-c4ccc(C(=O)OC(C)(C)C)cc4)nc32)cc1. The van der Waals surface area contributed by atoms with Gasteiger partial charge in [-0.25, -0.2) is 14.6 Å². The van der Waals surface area contributed by atoms with Crippen molar-refractivity contribution in [3.63, 3.8) is 0 Å². The van der Waals surface area contributed by atoms with E-state index in [0.717, 1.165) is 42.0 Å². The number of amides is 1. The molecule has 1 amide bonds. The maximum Gasteiger partial charge on any atom is 0.407 e. The number of hydrogen-bond donors (Lipinski definition) is 2. The summed E-state index contributed by atoms with van der Waals surface area (Å²) in [7, 11) is 0. The van der Waals surface area contributed by atoms with Crippen molar-refractivity contribution in [3.05, 3.63) is 77.2 Å². The Morgan fingerprint density at radius 2 is 1.56 bits per heavy atom. The van der Waals surface area contributed by atoms with Gasteiger partial charge in [0.05, 0.1) is 17.3 Å². The van der Waals surface area contributed by atoms with Gasteiger partial charge >= 0.3 is 12.1 Å². The molecular weight excluding hydrogens is 520 g/mol. The van der Waals surface area contributed by atoms with Crippen LogP contribution in [0.2, 0.25) is 0 Å². The number of ether oxygens (including phenoxy) is 2. The number of carbonyl (C=O) groups excluding carboxylic acids is 3. The summed E-state index contributed by atoms with van der Waals surface area (Å²) < 4.78 is 12.8. The van der Waals surface area contributed by atoms with E-state index in [2.05, 4.69) is 9.88 Å². The standard InChI is InChI=1S/C32H40N4O5/c1-31(2,3)40-29(38)23-15-13-21(14-16-23)25-19-36-17-7-8-24(28(36)35-25)26(33)27(37)22-11-9-20(10-12-22)18-34-30(39)41-32(4,5)6/h9-16,19,24,26H,7-8,17-18,33H2,1-6H3,(H,34,39). The molecule has 9 nitrogen and oxygen atoms in total. The average Bonchev–Trinajstić information content (AvgIpc) is 3.34. The first-order valence-corrected chi connectivity index (χ1v) is 14.0. The van der Waals surface area contributed by atoms with E-state index in [9.17, 15) is 14.4 Å². The number of esters is 1.